The lowest BCUT2D eigenvalue weighted by molar-refractivity contribution is -0.113. The van der Waals surface area contributed by atoms with Crippen LogP contribution in [0.25, 0.3) is 17.0 Å². The molecule has 5 rings (SSSR count). The van der Waals surface area contributed by atoms with Crippen LogP contribution >= 0.6 is 24.0 Å². The topological polar surface area (TPSA) is 51.5 Å². The van der Waals surface area contributed by atoms with Crippen molar-refractivity contribution in [2.75, 3.05) is 12.0 Å². The maximum atomic E-state index is 13.3. The lowest BCUT2D eigenvalue weighted by atomic mass is 10.1. The zero-order valence-corrected chi connectivity index (χ0v) is 19.9. The smallest absolute Gasteiger partial charge is 0.337 e. The van der Waals surface area contributed by atoms with Gasteiger partial charge in [-0.1, -0.05) is 72.5 Å². The number of esters is 1. The number of carbonyl (C=O) groups excluding carboxylic acids is 2. The van der Waals surface area contributed by atoms with Crippen molar-refractivity contribution in [2.24, 2.45) is 0 Å². The number of ether oxygens (including phenoxy) is 1. The third-order valence-electron chi connectivity index (χ3n) is 5.64. The summed E-state index contributed by atoms with van der Waals surface area (Å²) in [7, 11) is 1.33. The summed E-state index contributed by atoms with van der Waals surface area (Å²) in [5, 5.41) is 1.08. The van der Waals surface area contributed by atoms with E-state index < -0.39 is 5.97 Å². The Morgan fingerprint density at radius 3 is 2.44 bits per heavy atom. The van der Waals surface area contributed by atoms with Crippen molar-refractivity contribution >= 4 is 62.8 Å². The zero-order chi connectivity index (χ0) is 23.7. The number of aromatic nitrogens is 1. The molecule has 0 spiro atoms. The Morgan fingerprint density at radius 2 is 1.71 bits per heavy atom. The normalized spacial score (nSPS) is 14.9. The molecule has 1 aliphatic heterocycles. The highest BCUT2D eigenvalue weighted by molar-refractivity contribution is 8.27. The summed E-state index contributed by atoms with van der Waals surface area (Å²) in [4.78, 5) is 27.0. The predicted molar refractivity (Wildman–Crippen MR) is 141 cm³/mol. The summed E-state index contributed by atoms with van der Waals surface area (Å²) in [6.45, 7) is 0.739. The maximum absolute atomic E-state index is 13.3. The molecule has 7 heteroatoms. The number of carbonyl (C=O) groups is 2. The molecule has 1 fully saturated rings. The summed E-state index contributed by atoms with van der Waals surface area (Å²) in [6, 6.07) is 25.1. The van der Waals surface area contributed by atoms with E-state index in [0.717, 1.165) is 23.0 Å². The summed E-state index contributed by atoms with van der Waals surface area (Å²) in [6.07, 6.45) is 3.99. The SMILES string of the molecule is COC(=O)c1ccc(N2C(=O)/C(=C\c3cn(Cc4ccccc4)c4ccccc34)SC2=S)cc1. The molecule has 0 bridgehead atoms. The quantitative estimate of drug-likeness (QED) is 0.201. The van der Waals surface area contributed by atoms with Gasteiger partial charge in [-0.15, -0.1) is 0 Å². The van der Waals surface area contributed by atoms with E-state index in [9.17, 15) is 9.59 Å². The molecule has 0 saturated carbocycles. The lowest BCUT2D eigenvalue weighted by Crippen LogP contribution is -2.27. The molecule has 1 saturated heterocycles. The first-order chi connectivity index (χ1) is 16.5. The van der Waals surface area contributed by atoms with Gasteiger partial charge in [-0.25, -0.2) is 4.79 Å². The second-order valence-electron chi connectivity index (χ2n) is 7.77. The number of hydrogen-bond acceptors (Lipinski definition) is 5. The average molecular weight is 485 g/mol. The molecular weight excluding hydrogens is 464 g/mol. The van der Waals surface area contributed by atoms with Gasteiger partial charge in [-0.2, -0.15) is 0 Å². The van der Waals surface area contributed by atoms with Crippen molar-refractivity contribution in [3.8, 4) is 0 Å². The maximum Gasteiger partial charge on any atom is 0.337 e. The van der Waals surface area contributed by atoms with Crippen LogP contribution < -0.4 is 4.90 Å². The highest BCUT2D eigenvalue weighted by atomic mass is 32.2. The first-order valence-electron chi connectivity index (χ1n) is 10.6. The molecule has 0 radical (unpaired) electrons. The van der Waals surface area contributed by atoms with E-state index in [1.54, 1.807) is 24.3 Å². The van der Waals surface area contributed by atoms with Crippen LogP contribution in [0.1, 0.15) is 21.5 Å². The van der Waals surface area contributed by atoms with E-state index in [4.69, 9.17) is 17.0 Å². The fourth-order valence-corrected chi connectivity index (χ4v) is 5.29. The summed E-state index contributed by atoms with van der Waals surface area (Å²) < 4.78 is 7.39. The Balaban J connectivity index is 1.47. The fraction of sp³-hybridized carbons (Fsp3) is 0.0741. The molecule has 34 heavy (non-hydrogen) atoms. The molecule has 3 aromatic carbocycles. The van der Waals surface area contributed by atoms with Crippen LogP contribution in [0.2, 0.25) is 0 Å². The van der Waals surface area contributed by atoms with Crippen molar-refractivity contribution in [3.05, 3.63) is 107 Å². The Kier molecular flexibility index (Phi) is 6.04. The van der Waals surface area contributed by atoms with Gasteiger partial charge in [0.1, 0.15) is 0 Å². The Labute approximate surface area is 206 Å². The molecule has 0 unspecified atom stereocenters. The number of nitrogens with zero attached hydrogens (tertiary/aromatic N) is 2. The lowest BCUT2D eigenvalue weighted by Gasteiger charge is -2.14. The van der Waals surface area contributed by atoms with Crippen molar-refractivity contribution in [2.45, 2.75) is 6.54 Å². The minimum absolute atomic E-state index is 0.180. The molecule has 1 aliphatic rings. The summed E-state index contributed by atoms with van der Waals surface area (Å²) in [5.74, 6) is -0.607. The molecule has 0 aliphatic carbocycles. The Bertz CT molecular complexity index is 1440. The van der Waals surface area contributed by atoms with Crippen LogP contribution in [0.5, 0.6) is 0 Å². The van der Waals surface area contributed by atoms with E-state index in [1.165, 1.54) is 29.3 Å². The van der Waals surface area contributed by atoms with Crippen molar-refractivity contribution < 1.29 is 14.3 Å². The van der Waals surface area contributed by atoms with Crippen LogP contribution in [0, 0.1) is 0 Å². The van der Waals surface area contributed by atoms with Gasteiger partial charge in [0, 0.05) is 29.2 Å². The molecular formula is C27H20N2O3S2. The molecule has 2 heterocycles. The van der Waals surface area contributed by atoms with E-state index in [2.05, 4.69) is 35.0 Å². The molecule has 1 aromatic heterocycles. The van der Waals surface area contributed by atoms with Crippen LogP contribution in [0.4, 0.5) is 5.69 Å². The highest BCUT2D eigenvalue weighted by Crippen LogP contribution is 2.37. The van der Waals surface area contributed by atoms with E-state index in [1.807, 2.05) is 36.4 Å². The number of anilines is 1. The number of thiocarbonyl (C=S) groups is 1. The number of hydrogen-bond donors (Lipinski definition) is 0. The molecule has 4 aromatic rings. The van der Waals surface area contributed by atoms with Gasteiger partial charge < -0.3 is 9.30 Å². The van der Waals surface area contributed by atoms with Crippen LogP contribution in [0.3, 0.4) is 0 Å². The molecule has 5 nitrogen and oxygen atoms in total. The second-order valence-corrected chi connectivity index (χ2v) is 9.45. The number of amides is 1. The van der Waals surface area contributed by atoms with Gasteiger partial charge in [-0.05, 0) is 42.0 Å². The number of para-hydroxylation sites is 1. The minimum atomic E-state index is -0.427. The number of thioether (sulfide) groups is 1. The van der Waals surface area contributed by atoms with Gasteiger partial charge in [0.25, 0.3) is 5.91 Å². The van der Waals surface area contributed by atoms with Gasteiger partial charge in [0.15, 0.2) is 4.32 Å². The van der Waals surface area contributed by atoms with Gasteiger partial charge in [0.2, 0.25) is 0 Å². The van der Waals surface area contributed by atoms with Crippen molar-refractivity contribution in [3.63, 3.8) is 0 Å². The van der Waals surface area contributed by atoms with E-state index >= 15 is 0 Å². The molecule has 168 valence electrons. The van der Waals surface area contributed by atoms with Gasteiger partial charge in [-0.3, -0.25) is 9.69 Å². The van der Waals surface area contributed by atoms with Gasteiger partial charge >= 0.3 is 5.97 Å². The second kappa shape index (κ2) is 9.29. The van der Waals surface area contributed by atoms with Gasteiger partial charge in [0.05, 0.1) is 23.3 Å². The van der Waals surface area contributed by atoms with E-state index in [-0.39, 0.29) is 5.91 Å². The van der Waals surface area contributed by atoms with Crippen LogP contribution in [0.15, 0.2) is 90.0 Å². The van der Waals surface area contributed by atoms with Crippen LogP contribution in [-0.2, 0) is 16.1 Å². The molecule has 0 N–H and O–H groups in total. The minimum Gasteiger partial charge on any atom is -0.465 e. The number of methoxy groups -OCH3 is 1. The monoisotopic (exact) mass is 484 g/mol. The average Bonchev–Trinajstić information content (AvgIpc) is 3.35. The zero-order valence-electron chi connectivity index (χ0n) is 18.3. The molecule has 0 atom stereocenters. The summed E-state index contributed by atoms with van der Waals surface area (Å²) in [5.41, 5.74) is 4.31. The standard InChI is InChI=1S/C27H20N2O3S2/c1-32-26(31)19-11-13-21(14-12-19)29-25(30)24(34-27(29)33)15-20-17-28(16-18-7-3-2-4-8-18)23-10-6-5-9-22(20)23/h2-15,17H,16H2,1H3/b24-15+. The third-order valence-corrected chi connectivity index (χ3v) is 6.94. The Hall–Kier alpha value is -3.68. The Morgan fingerprint density at radius 1 is 1.00 bits per heavy atom. The van der Waals surface area contributed by atoms with Crippen LogP contribution in [-0.4, -0.2) is 27.9 Å². The third kappa shape index (κ3) is 4.16. The number of benzene rings is 3. The van der Waals surface area contributed by atoms with Crippen molar-refractivity contribution in [1.29, 1.82) is 0 Å². The summed E-state index contributed by atoms with van der Waals surface area (Å²) >= 11 is 6.79. The predicted octanol–water partition coefficient (Wildman–Crippen LogP) is 5.88. The fourth-order valence-electron chi connectivity index (χ4n) is 4.00. The largest absolute Gasteiger partial charge is 0.465 e. The highest BCUT2D eigenvalue weighted by Gasteiger charge is 2.33. The van der Waals surface area contributed by atoms with Crippen molar-refractivity contribution in [1.82, 2.24) is 4.57 Å². The number of fused-ring (bicyclic) bond motifs is 1. The first-order valence-corrected chi connectivity index (χ1v) is 11.9. The molecule has 1 amide bonds. The van der Waals surface area contributed by atoms with E-state index in [0.29, 0.717) is 20.5 Å². The first kappa shape index (κ1) is 22.1. The number of rotatable bonds is 5.